The number of hydrogen-bond donors (Lipinski definition) is 1. The number of hydrogen-bond acceptors (Lipinski definition) is 6. The smallest absolute Gasteiger partial charge is 0.337 e. The molecule has 0 saturated heterocycles. The molecule has 46 heavy (non-hydrogen) atoms. The first-order valence-electron chi connectivity index (χ1n) is 15.7. The van der Waals surface area contributed by atoms with Crippen molar-refractivity contribution >= 4 is 39.5 Å². The minimum Gasteiger partial charge on any atom is -0.493 e. The number of nitrogens with zero attached hydrogens (tertiary/aromatic N) is 4. The van der Waals surface area contributed by atoms with E-state index in [2.05, 4.69) is 52.5 Å². The average molecular weight is 615 g/mol. The molecule has 0 amide bonds. The third-order valence-corrected chi connectivity index (χ3v) is 8.92. The molecule has 0 aliphatic carbocycles. The molecular weight excluding hydrogens is 576 g/mol. The van der Waals surface area contributed by atoms with Gasteiger partial charge in [-0.1, -0.05) is 24.3 Å². The molecule has 1 unspecified atom stereocenters. The lowest BCUT2D eigenvalue weighted by atomic mass is 9.83. The maximum Gasteiger partial charge on any atom is 0.337 e. The lowest BCUT2D eigenvalue weighted by molar-refractivity contribution is -0.160. The summed E-state index contributed by atoms with van der Waals surface area (Å²) in [6, 6.07) is 14.5. The number of ether oxygens (including phenoxy) is 2. The van der Waals surface area contributed by atoms with Crippen LogP contribution in [0.1, 0.15) is 61.6 Å². The highest BCUT2D eigenvalue weighted by molar-refractivity contribution is 6.04. The molecule has 0 saturated carbocycles. The third-order valence-electron chi connectivity index (χ3n) is 8.92. The molecule has 0 bridgehead atoms. The minimum absolute atomic E-state index is 0.606. The van der Waals surface area contributed by atoms with Crippen LogP contribution in [0, 0.1) is 6.92 Å². The van der Waals surface area contributed by atoms with Gasteiger partial charge in [0.15, 0.2) is 6.10 Å². The molecule has 2 aliphatic rings. The Balaban J connectivity index is 1.52. The SMILES string of the molecule is CC=C1C=Cc2c(cc(C)c(C(OC(C)(C)C)C(=O)O)c2-c2ccc3c4c(ccnc24)CCO3)N1Cc1cccc2c1cnn2C. The van der Waals surface area contributed by atoms with Gasteiger partial charge in [0.25, 0.3) is 0 Å². The summed E-state index contributed by atoms with van der Waals surface area (Å²) in [7, 11) is 1.96. The second-order valence-electron chi connectivity index (χ2n) is 13.0. The van der Waals surface area contributed by atoms with Crippen LogP contribution in [-0.4, -0.2) is 38.0 Å². The van der Waals surface area contributed by atoms with E-state index in [1.54, 1.807) is 0 Å². The van der Waals surface area contributed by atoms with Crippen molar-refractivity contribution in [2.75, 3.05) is 11.5 Å². The highest BCUT2D eigenvalue weighted by Crippen LogP contribution is 2.48. The largest absolute Gasteiger partial charge is 0.493 e. The molecule has 3 aromatic carbocycles. The number of allylic oxidation sites excluding steroid dienone is 2. The third kappa shape index (κ3) is 4.93. The molecule has 0 radical (unpaired) electrons. The first-order chi connectivity index (χ1) is 22.1. The molecule has 2 aliphatic heterocycles. The maximum atomic E-state index is 13.0. The molecular formula is C38H38N4O4. The Kier molecular flexibility index (Phi) is 7.20. The van der Waals surface area contributed by atoms with Gasteiger partial charge in [-0.2, -0.15) is 5.10 Å². The minimum atomic E-state index is -1.20. The van der Waals surface area contributed by atoms with Crippen molar-refractivity contribution in [3.05, 3.63) is 101 Å². The highest BCUT2D eigenvalue weighted by Gasteiger charge is 2.35. The number of carboxylic acids is 1. The zero-order valence-electron chi connectivity index (χ0n) is 27.1. The summed E-state index contributed by atoms with van der Waals surface area (Å²) in [5, 5.41) is 17.3. The summed E-state index contributed by atoms with van der Waals surface area (Å²) in [5.74, 6) is -0.234. The Labute approximate surface area is 268 Å². The number of aryl methyl sites for hydroxylation is 2. The monoisotopic (exact) mass is 614 g/mol. The molecule has 4 heterocycles. The van der Waals surface area contributed by atoms with E-state index >= 15 is 0 Å². The van der Waals surface area contributed by atoms with E-state index in [1.165, 1.54) is 5.56 Å². The number of fused-ring (bicyclic) bond motifs is 2. The zero-order chi connectivity index (χ0) is 32.3. The summed E-state index contributed by atoms with van der Waals surface area (Å²) in [4.78, 5) is 20.2. The lowest BCUT2D eigenvalue weighted by Crippen LogP contribution is -2.29. The van der Waals surface area contributed by atoms with Gasteiger partial charge in [-0.15, -0.1) is 0 Å². The second-order valence-corrected chi connectivity index (χ2v) is 13.0. The van der Waals surface area contributed by atoms with E-state index in [1.807, 2.05) is 76.9 Å². The molecule has 234 valence electrons. The van der Waals surface area contributed by atoms with Crippen molar-refractivity contribution in [1.82, 2.24) is 14.8 Å². The van der Waals surface area contributed by atoms with Gasteiger partial charge in [0, 0.05) is 65.1 Å². The summed E-state index contributed by atoms with van der Waals surface area (Å²) < 4.78 is 14.3. The van der Waals surface area contributed by atoms with Crippen LogP contribution in [0.2, 0.25) is 0 Å². The van der Waals surface area contributed by atoms with Gasteiger partial charge in [0.05, 0.1) is 29.4 Å². The molecule has 7 rings (SSSR count). The number of carboxylic acid groups (broad SMARTS) is 1. The number of benzene rings is 3. The first-order valence-corrected chi connectivity index (χ1v) is 15.7. The molecule has 5 aromatic rings. The topological polar surface area (TPSA) is 89.7 Å². The number of aliphatic carboxylic acids is 1. The van der Waals surface area contributed by atoms with Crippen LogP contribution in [0.15, 0.2) is 72.7 Å². The number of pyridine rings is 1. The van der Waals surface area contributed by atoms with E-state index in [4.69, 9.17) is 14.5 Å². The predicted molar refractivity (Wildman–Crippen MR) is 182 cm³/mol. The van der Waals surface area contributed by atoms with E-state index in [-0.39, 0.29) is 0 Å². The van der Waals surface area contributed by atoms with Crippen LogP contribution < -0.4 is 9.64 Å². The molecule has 8 heteroatoms. The van der Waals surface area contributed by atoms with Crippen LogP contribution in [0.3, 0.4) is 0 Å². The van der Waals surface area contributed by atoms with Crippen molar-refractivity contribution in [3.63, 3.8) is 0 Å². The van der Waals surface area contributed by atoms with Crippen molar-refractivity contribution in [2.45, 2.75) is 59.3 Å². The molecule has 1 atom stereocenters. The molecule has 0 fully saturated rings. The Morgan fingerprint density at radius 2 is 2.00 bits per heavy atom. The van der Waals surface area contributed by atoms with Crippen LogP contribution in [0.5, 0.6) is 5.75 Å². The first kappa shape index (κ1) is 29.7. The normalized spacial score (nSPS) is 15.8. The van der Waals surface area contributed by atoms with Crippen molar-refractivity contribution in [3.8, 4) is 16.9 Å². The fourth-order valence-electron chi connectivity index (χ4n) is 6.91. The van der Waals surface area contributed by atoms with E-state index in [9.17, 15) is 9.90 Å². The number of carbonyl (C=O) groups is 1. The van der Waals surface area contributed by atoms with E-state index < -0.39 is 17.7 Å². The zero-order valence-corrected chi connectivity index (χ0v) is 27.1. The Bertz CT molecular complexity index is 2090. The summed E-state index contributed by atoms with van der Waals surface area (Å²) in [5.41, 5.74) is 9.58. The molecule has 1 N–H and O–H groups in total. The van der Waals surface area contributed by atoms with Gasteiger partial charge >= 0.3 is 5.97 Å². The Morgan fingerprint density at radius 1 is 1.17 bits per heavy atom. The van der Waals surface area contributed by atoms with Crippen LogP contribution in [0.25, 0.3) is 39.0 Å². The van der Waals surface area contributed by atoms with Crippen molar-refractivity contribution < 1.29 is 19.4 Å². The Hall–Kier alpha value is -4.95. The average Bonchev–Trinajstić information content (AvgIpc) is 3.41. The van der Waals surface area contributed by atoms with Crippen LogP contribution >= 0.6 is 0 Å². The van der Waals surface area contributed by atoms with Gasteiger partial charge in [-0.25, -0.2) is 4.79 Å². The standard InChI is InChI=1S/C38H38N4O4/c1-7-25-11-12-26-30(42(25)21-24-9-8-10-29-28(24)20-40-41(29)6)19-22(2)32(36(37(43)44)46-38(3,4)5)34(26)27-13-14-31-33-23(16-18-45-31)15-17-39-35(27)33/h7-15,17,19-20,36H,16,18,21H2,1-6H3,(H,43,44). The Morgan fingerprint density at radius 3 is 2.76 bits per heavy atom. The number of aromatic nitrogens is 3. The molecule has 8 nitrogen and oxygen atoms in total. The van der Waals surface area contributed by atoms with Crippen molar-refractivity contribution in [1.29, 1.82) is 0 Å². The van der Waals surface area contributed by atoms with Gasteiger partial charge in [0.2, 0.25) is 0 Å². The highest BCUT2D eigenvalue weighted by atomic mass is 16.5. The second kappa shape index (κ2) is 11.1. The lowest BCUT2D eigenvalue weighted by Gasteiger charge is -2.35. The van der Waals surface area contributed by atoms with Crippen molar-refractivity contribution in [2.24, 2.45) is 7.05 Å². The van der Waals surface area contributed by atoms with Gasteiger partial charge in [-0.05, 0) is 93.3 Å². The molecule has 0 spiro atoms. The number of rotatable bonds is 6. The summed E-state index contributed by atoms with van der Waals surface area (Å²) >= 11 is 0. The fourth-order valence-corrected chi connectivity index (χ4v) is 6.91. The van der Waals surface area contributed by atoms with Crippen LogP contribution in [0.4, 0.5) is 5.69 Å². The predicted octanol–water partition coefficient (Wildman–Crippen LogP) is 7.91. The van der Waals surface area contributed by atoms with Gasteiger partial charge in [-0.3, -0.25) is 9.67 Å². The maximum absolute atomic E-state index is 13.0. The fraction of sp³-hybridized carbons (Fsp3) is 0.289. The molecule has 2 aromatic heterocycles. The van der Waals surface area contributed by atoms with E-state index in [0.29, 0.717) is 18.7 Å². The van der Waals surface area contributed by atoms with E-state index in [0.717, 1.165) is 73.2 Å². The van der Waals surface area contributed by atoms with Gasteiger partial charge < -0.3 is 19.5 Å². The van der Waals surface area contributed by atoms with Crippen LogP contribution in [-0.2, 0) is 29.5 Å². The number of anilines is 1. The van der Waals surface area contributed by atoms with Gasteiger partial charge in [0.1, 0.15) is 5.75 Å². The summed E-state index contributed by atoms with van der Waals surface area (Å²) in [6.45, 7) is 10.9. The quantitative estimate of drug-likeness (QED) is 0.208. The summed E-state index contributed by atoms with van der Waals surface area (Å²) in [6.07, 6.45) is 9.67.